The van der Waals surface area contributed by atoms with Crippen LogP contribution in [0, 0.1) is 0 Å². The summed E-state index contributed by atoms with van der Waals surface area (Å²) in [5, 5.41) is 4.97. The lowest BCUT2D eigenvalue weighted by molar-refractivity contribution is 0.216. The van der Waals surface area contributed by atoms with E-state index in [-0.39, 0.29) is 0 Å². The molecule has 100 valence electrons. The van der Waals surface area contributed by atoms with Gasteiger partial charge in [-0.3, -0.25) is 4.90 Å². The second-order valence-electron chi connectivity index (χ2n) is 4.95. The van der Waals surface area contributed by atoms with Crippen LogP contribution in [0.1, 0.15) is 24.8 Å². The molecule has 1 saturated heterocycles. The number of rotatable bonds is 3. The van der Waals surface area contributed by atoms with Gasteiger partial charge in [0.2, 0.25) is 0 Å². The molecule has 1 atom stereocenters. The number of hydrogen-bond acceptors (Lipinski definition) is 2. The van der Waals surface area contributed by atoms with E-state index in [1.807, 2.05) is 18.2 Å². The van der Waals surface area contributed by atoms with E-state index in [1.165, 1.54) is 19.3 Å². The first-order chi connectivity index (χ1) is 8.68. The van der Waals surface area contributed by atoms with Crippen LogP contribution in [0.5, 0.6) is 0 Å². The quantitative estimate of drug-likeness (QED) is 0.914. The maximum absolute atomic E-state index is 6.22. The van der Waals surface area contributed by atoms with Crippen molar-refractivity contribution in [2.75, 3.05) is 20.1 Å². The molecular weight excluding hydrogens is 267 g/mol. The first-order valence-electron chi connectivity index (χ1n) is 6.52. The SMILES string of the molecule is CN(Cc1c(Cl)cccc1Cl)C1CCCNCC1. The summed E-state index contributed by atoms with van der Waals surface area (Å²) in [5.74, 6) is 0. The van der Waals surface area contributed by atoms with Crippen molar-refractivity contribution in [2.24, 2.45) is 0 Å². The Kier molecular flexibility index (Phi) is 5.31. The number of benzene rings is 1. The number of nitrogens with one attached hydrogen (secondary N) is 1. The van der Waals surface area contributed by atoms with Gasteiger partial charge in [-0.2, -0.15) is 0 Å². The number of nitrogens with zero attached hydrogens (tertiary/aromatic N) is 1. The third kappa shape index (κ3) is 3.61. The van der Waals surface area contributed by atoms with Crippen LogP contribution in [0.2, 0.25) is 10.0 Å². The molecule has 1 aromatic rings. The van der Waals surface area contributed by atoms with Crippen molar-refractivity contribution in [2.45, 2.75) is 31.8 Å². The summed E-state index contributed by atoms with van der Waals surface area (Å²) in [7, 11) is 2.16. The molecule has 1 N–H and O–H groups in total. The van der Waals surface area contributed by atoms with Gasteiger partial charge in [-0.05, 0) is 51.5 Å². The van der Waals surface area contributed by atoms with Crippen molar-refractivity contribution in [1.29, 1.82) is 0 Å². The third-order valence-electron chi connectivity index (χ3n) is 3.64. The molecule has 4 heteroatoms. The van der Waals surface area contributed by atoms with E-state index in [2.05, 4.69) is 17.3 Å². The van der Waals surface area contributed by atoms with Crippen molar-refractivity contribution < 1.29 is 0 Å². The van der Waals surface area contributed by atoms with Gasteiger partial charge in [-0.25, -0.2) is 0 Å². The normalized spacial score (nSPS) is 21.0. The van der Waals surface area contributed by atoms with Crippen LogP contribution in [-0.2, 0) is 6.54 Å². The Morgan fingerprint density at radius 2 is 1.94 bits per heavy atom. The molecule has 1 aromatic carbocycles. The molecule has 1 heterocycles. The van der Waals surface area contributed by atoms with Crippen LogP contribution in [0.15, 0.2) is 18.2 Å². The summed E-state index contributed by atoms with van der Waals surface area (Å²) in [4.78, 5) is 2.38. The second-order valence-corrected chi connectivity index (χ2v) is 5.76. The Morgan fingerprint density at radius 1 is 1.22 bits per heavy atom. The molecule has 0 aromatic heterocycles. The largest absolute Gasteiger partial charge is 0.317 e. The van der Waals surface area contributed by atoms with Gasteiger partial charge in [-0.1, -0.05) is 29.3 Å². The summed E-state index contributed by atoms with van der Waals surface area (Å²) in [6.07, 6.45) is 3.68. The van der Waals surface area contributed by atoms with Gasteiger partial charge >= 0.3 is 0 Å². The standard InChI is InChI=1S/C14H20Cl2N2/c1-18(11-4-3-8-17-9-7-11)10-12-13(15)5-2-6-14(12)16/h2,5-6,11,17H,3-4,7-10H2,1H3. The van der Waals surface area contributed by atoms with Gasteiger partial charge in [-0.15, -0.1) is 0 Å². The fraction of sp³-hybridized carbons (Fsp3) is 0.571. The predicted molar refractivity (Wildman–Crippen MR) is 78.4 cm³/mol. The lowest BCUT2D eigenvalue weighted by Crippen LogP contribution is -2.32. The molecule has 1 aliphatic heterocycles. The van der Waals surface area contributed by atoms with E-state index >= 15 is 0 Å². The van der Waals surface area contributed by atoms with Crippen molar-refractivity contribution in [3.63, 3.8) is 0 Å². The van der Waals surface area contributed by atoms with E-state index in [4.69, 9.17) is 23.2 Å². The maximum Gasteiger partial charge on any atom is 0.0465 e. The van der Waals surface area contributed by atoms with Gasteiger partial charge in [0.25, 0.3) is 0 Å². The monoisotopic (exact) mass is 286 g/mol. The van der Waals surface area contributed by atoms with Crippen LogP contribution < -0.4 is 5.32 Å². The summed E-state index contributed by atoms with van der Waals surface area (Å²) >= 11 is 12.4. The zero-order valence-electron chi connectivity index (χ0n) is 10.8. The van der Waals surface area contributed by atoms with Crippen LogP contribution in [0.3, 0.4) is 0 Å². The van der Waals surface area contributed by atoms with Crippen molar-refractivity contribution >= 4 is 23.2 Å². The molecule has 2 nitrogen and oxygen atoms in total. The van der Waals surface area contributed by atoms with E-state index < -0.39 is 0 Å². The van der Waals surface area contributed by atoms with Crippen LogP contribution in [0.4, 0.5) is 0 Å². The highest BCUT2D eigenvalue weighted by Gasteiger charge is 2.18. The number of hydrogen-bond donors (Lipinski definition) is 1. The lowest BCUT2D eigenvalue weighted by atomic mass is 10.1. The molecular formula is C14H20Cl2N2. The van der Waals surface area contributed by atoms with Crippen molar-refractivity contribution in [3.05, 3.63) is 33.8 Å². The summed E-state index contributed by atoms with van der Waals surface area (Å²) in [5.41, 5.74) is 1.04. The molecule has 1 aliphatic rings. The van der Waals surface area contributed by atoms with Crippen LogP contribution in [-0.4, -0.2) is 31.1 Å². The first kappa shape index (κ1) is 14.1. The maximum atomic E-state index is 6.22. The van der Waals surface area contributed by atoms with Gasteiger partial charge in [0.05, 0.1) is 0 Å². The minimum absolute atomic E-state index is 0.618. The van der Waals surface area contributed by atoms with Crippen LogP contribution in [0.25, 0.3) is 0 Å². The zero-order valence-corrected chi connectivity index (χ0v) is 12.3. The lowest BCUT2D eigenvalue weighted by Gasteiger charge is -2.27. The second kappa shape index (κ2) is 6.76. The van der Waals surface area contributed by atoms with Crippen LogP contribution >= 0.6 is 23.2 Å². The van der Waals surface area contributed by atoms with E-state index in [9.17, 15) is 0 Å². The molecule has 0 saturated carbocycles. The predicted octanol–water partition coefficient (Wildman–Crippen LogP) is 3.57. The van der Waals surface area contributed by atoms with Crippen molar-refractivity contribution in [3.8, 4) is 0 Å². The summed E-state index contributed by atoms with van der Waals surface area (Å²) in [6.45, 7) is 3.06. The third-order valence-corrected chi connectivity index (χ3v) is 4.35. The smallest absolute Gasteiger partial charge is 0.0465 e. The molecule has 18 heavy (non-hydrogen) atoms. The topological polar surface area (TPSA) is 15.3 Å². The molecule has 2 rings (SSSR count). The molecule has 0 aliphatic carbocycles. The molecule has 0 spiro atoms. The Bertz CT molecular complexity index is 367. The van der Waals surface area contributed by atoms with E-state index in [0.717, 1.165) is 35.2 Å². The number of halogens is 2. The molecule has 1 fully saturated rings. The van der Waals surface area contributed by atoms with Crippen molar-refractivity contribution in [1.82, 2.24) is 10.2 Å². The summed E-state index contributed by atoms with van der Waals surface area (Å²) in [6, 6.07) is 6.33. The molecule has 0 radical (unpaired) electrons. The van der Waals surface area contributed by atoms with E-state index in [1.54, 1.807) is 0 Å². The Hall–Kier alpha value is -0.280. The molecule has 0 bridgehead atoms. The Labute approximate surface area is 119 Å². The van der Waals surface area contributed by atoms with Gasteiger partial charge in [0.1, 0.15) is 0 Å². The first-order valence-corrected chi connectivity index (χ1v) is 7.28. The highest BCUT2D eigenvalue weighted by atomic mass is 35.5. The minimum Gasteiger partial charge on any atom is -0.317 e. The highest BCUT2D eigenvalue weighted by molar-refractivity contribution is 6.35. The molecule has 1 unspecified atom stereocenters. The van der Waals surface area contributed by atoms with Gasteiger partial charge < -0.3 is 5.32 Å². The minimum atomic E-state index is 0.618. The van der Waals surface area contributed by atoms with E-state index in [0.29, 0.717) is 6.04 Å². The summed E-state index contributed by atoms with van der Waals surface area (Å²) < 4.78 is 0. The average molecular weight is 287 g/mol. The Balaban J connectivity index is 2.03. The Morgan fingerprint density at radius 3 is 2.67 bits per heavy atom. The van der Waals surface area contributed by atoms with Gasteiger partial charge in [0, 0.05) is 28.2 Å². The fourth-order valence-corrected chi connectivity index (χ4v) is 3.02. The molecule has 0 amide bonds. The fourth-order valence-electron chi connectivity index (χ4n) is 2.50. The highest BCUT2D eigenvalue weighted by Crippen LogP contribution is 2.26. The zero-order chi connectivity index (χ0) is 13.0. The van der Waals surface area contributed by atoms with Gasteiger partial charge in [0.15, 0.2) is 0 Å². The average Bonchev–Trinajstić information content (AvgIpc) is 2.62.